The molecule has 0 aliphatic heterocycles. The molecule has 0 aromatic heterocycles. The Hall–Kier alpha value is -1.59. The summed E-state index contributed by atoms with van der Waals surface area (Å²) in [5.74, 6) is -4.31. The minimum Gasteiger partial charge on any atom is -0.460 e. The Labute approximate surface area is 93.8 Å². The third-order valence-corrected chi connectivity index (χ3v) is 1.58. The van der Waals surface area contributed by atoms with Crippen LogP contribution in [-0.4, -0.2) is 30.3 Å². The minimum absolute atomic E-state index is 0.0657. The summed E-state index contributed by atoms with van der Waals surface area (Å²) in [6.45, 7) is 5.52. The highest BCUT2D eigenvalue weighted by molar-refractivity contribution is 5.84. The lowest BCUT2D eigenvalue weighted by Crippen LogP contribution is -2.45. The molecule has 0 spiro atoms. The zero-order chi connectivity index (χ0) is 12.8. The molecular formula is C10H16O6. The summed E-state index contributed by atoms with van der Waals surface area (Å²) in [7, 11) is 0. The van der Waals surface area contributed by atoms with Gasteiger partial charge in [0, 0.05) is 20.3 Å². The fraction of sp³-hybridized carbons (Fsp3) is 0.700. The summed E-state index contributed by atoms with van der Waals surface area (Å²) in [6, 6.07) is 0. The molecule has 0 saturated carbocycles. The number of carbonyl (C=O) groups is 3. The highest BCUT2D eigenvalue weighted by Gasteiger charge is 2.42. The topological polar surface area (TPSA) is 78.9 Å². The molecule has 0 rings (SSSR count). The van der Waals surface area contributed by atoms with E-state index in [-0.39, 0.29) is 13.0 Å². The van der Waals surface area contributed by atoms with Crippen molar-refractivity contribution in [3.63, 3.8) is 0 Å². The Kier molecular flexibility index (Phi) is 5.49. The van der Waals surface area contributed by atoms with Gasteiger partial charge in [0.1, 0.15) is 0 Å². The van der Waals surface area contributed by atoms with Gasteiger partial charge in [-0.1, -0.05) is 6.92 Å². The van der Waals surface area contributed by atoms with E-state index in [0.717, 1.165) is 6.92 Å². The molecule has 0 aromatic rings. The normalized spacial score (nSPS) is 13.5. The summed E-state index contributed by atoms with van der Waals surface area (Å²) >= 11 is 0. The maximum absolute atomic E-state index is 11.5. The maximum Gasteiger partial charge on any atom is 0.392 e. The zero-order valence-electron chi connectivity index (χ0n) is 9.86. The van der Waals surface area contributed by atoms with Gasteiger partial charge in [-0.25, -0.2) is 4.79 Å². The van der Waals surface area contributed by atoms with Crippen molar-refractivity contribution < 1.29 is 28.6 Å². The largest absolute Gasteiger partial charge is 0.460 e. The predicted molar refractivity (Wildman–Crippen MR) is 53.2 cm³/mol. The molecule has 0 aliphatic rings. The molecule has 0 radical (unpaired) electrons. The van der Waals surface area contributed by atoms with Crippen LogP contribution in [0.25, 0.3) is 0 Å². The van der Waals surface area contributed by atoms with Gasteiger partial charge in [-0.15, -0.1) is 0 Å². The van der Waals surface area contributed by atoms with Crippen LogP contribution >= 0.6 is 0 Å². The molecule has 0 saturated heterocycles. The van der Waals surface area contributed by atoms with Gasteiger partial charge in [-0.05, 0) is 6.92 Å². The predicted octanol–water partition coefficient (Wildman–Crippen LogP) is 0.782. The fourth-order valence-electron chi connectivity index (χ4n) is 0.930. The summed E-state index contributed by atoms with van der Waals surface area (Å²) in [5.41, 5.74) is 0. The molecular weight excluding hydrogens is 216 g/mol. The van der Waals surface area contributed by atoms with Crippen LogP contribution in [0.4, 0.5) is 0 Å². The number of ether oxygens (including phenoxy) is 3. The first kappa shape index (κ1) is 14.4. The first-order valence-corrected chi connectivity index (χ1v) is 4.94. The van der Waals surface area contributed by atoms with Crippen LogP contribution in [-0.2, 0) is 28.6 Å². The molecule has 1 unspecified atom stereocenters. The van der Waals surface area contributed by atoms with Crippen molar-refractivity contribution >= 4 is 17.9 Å². The number of hydrogen-bond donors (Lipinski definition) is 0. The zero-order valence-corrected chi connectivity index (χ0v) is 9.86. The van der Waals surface area contributed by atoms with E-state index in [9.17, 15) is 14.4 Å². The Bertz CT molecular complexity index is 285. The monoisotopic (exact) mass is 232 g/mol. The average molecular weight is 232 g/mol. The van der Waals surface area contributed by atoms with Crippen LogP contribution in [0.15, 0.2) is 0 Å². The molecule has 6 heteroatoms. The Balaban J connectivity index is 4.79. The van der Waals surface area contributed by atoms with Gasteiger partial charge in [0.25, 0.3) is 0 Å². The van der Waals surface area contributed by atoms with E-state index in [4.69, 9.17) is 4.74 Å². The Morgan fingerprint density at radius 2 is 1.69 bits per heavy atom. The maximum atomic E-state index is 11.5. The SMILES string of the molecule is CCOC(=O)C(C)(OC(C)=O)OC(=O)CC. The molecule has 6 nitrogen and oxygen atoms in total. The Morgan fingerprint density at radius 3 is 2.06 bits per heavy atom. The van der Waals surface area contributed by atoms with E-state index in [1.54, 1.807) is 13.8 Å². The summed E-state index contributed by atoms with van der Waals surface area (Å²) < 4.78 is 14.1. The quantitative estimate of drug-likeness (QED) is 0.515. The van der Waals surface area contributed by atoms with Crippen molar-refractivity contribution in [1.82, 2.24) is 0 Å². The lowest BCUT2D eigenvalue weighted by Gasteiger charge is -2.25. The first-order valence-electron chi connectivity index (χ1n) is 4.94. The third-order valence-electron chi connectivity index (χ3n) is 1.58. The molecule has 0 aromatic carbocycles. The van der Waals surface area contributed by atoms with Gasteiger partial charge >= 0.3 is 23.7 Å². The van der Waals surface area contributed by atoms with Gasteiger partial charge < -0.3 is 14.2 Å². The molecule has 16 heavy (non-hydrogen) atoms. The van der Waals surface area contributed by atoms with Crippen LogP contribution in [0.2, 0.25) is 0 Å². The van der Waals surface area contributed by atoms with Crippen LogP contribution in [0, 0.1) is 0 Å². The second-order valence-electron chi connectivity index (χ2n) is 3.09. The molecule has 0 amide bonds. The highest BCUT2D eigenvalue weighted by Crippen LogP contribution is 2.16. The van der Waals surface area contributed by atoms with E-state index in [0.29, 0.717) is 0 Å². The van der Waals surface area contributed by atoms with E-state index < -0.39 is 23.7 Å². The van der Waals surface area contributed by atoms with Gasteiger partial charge in [0.15, 0.2) is 0 Å². The smallest absolute Gasteiger partial charge is 0.392 e. The molecule has 92 valence electrons. The van der Waals surface area contributed by atoms with Crippen LogP contribution in [0.5, 0.6) is 0 Å². The van der Waals surface area contributed by atoms with Gasteiger partial charge in [-0.2, -0.15) is 0 Å². The van der Waals surface area contributed by atoms with Gasteiger partial charge in [-0.3, -0.25) is 9.59 Å². The first-order chi connectivity index (χ1) is 7.35. The van der Waals surface area contributed by atoms with Gasteiger partial charge in [0.05, 0.1) is 6.61 Å². The minimum atomic E-state index is -2.01. The summed E-state index contributed by atoms with van der Waals surface area (Å²) in [6.07, 6.45) is 0.0657. The number of rotatable bonds is 5. The molecule has 0 bridgehead atoms. The van der Waals surface area contributed by atoms with E-state index in [1.165, 1.54) is 6.92 Å². The molecule has 0 aliphatic carbocycles. The van der Waals surface area contributed by atoms with Crippen molar-refractivity contribution in [1.29, 1.82) is 0 Å². The lowest BCUT2D eigenvalue weighted by molar-refractivity contribution is -0.233. The number of esters is 3. The van der Waals surface area contributed by atoms with Crippen molar-refractivity contribution in [2.45, 2.75) is 39.9 Å². The third kappa shape index (κ3) is 4.29. The van der Waals surface area contributed by atoms with Crippen molar-refractivity contribution in [2.75, 3.05) is 6.61 Å². The summed E-state index contributed by atoms with van der Waals surface area (Å²) in [5, 5.41) is 0. The number of carbonyl (C=O) groups excluding carboxylic acids is 3. The number of hydrogen-bond acceptors (Lipinski definition) is 6. The van der Waals surface area contributed by atoms with Gasteiger partial charge in [0.2, 0.25) is 0 Å². The molecule has 0 heterocycles. The second-order valence-corrected chi connectivity index (χ2v) is 3.09. The van der Waals surface area contributed by atoms with E-state index in [2.05, 4.69) is 9.47 Å². The summed E-state index contributed by atoms with van der Waals surface area (Å²) in [4.78, 5) is 33.4. The highest BCUT2D eigenvalue weighted by atomic mass is 16.8. The average Bonchev–Trinajstić information content (AvgIpc) is 2.16. The standard InChI is InChI=1S/C10H16O6/c1-5-8(12)16-10(4,15-7(3)11)9(13)14-6-2/h5-6H2,1-4H3. The van der Waals surface area contributed by atoms with Crippen LogP contribution < -0.4 is 0 Å². The van der Waals surface area contributed by atoms with Crippen LogP contribution in [0.3, 0.4) is 0 Å². The molecule has 1 atom stereocenters. The van der Waals surface area contributed by atoms with Crippen LogP contribution in [0.1, 0.15) is 34.1 Å². The molecule has 0 N–H and O–H groups in total. The van der Waals surface area contributed by atoms with Crippen molar-refractivity contribution in [3.05, 3.63) is 0 Å². The van der Waals surface area contributed by atoms with Crippen molar-refractivity contribution in [3.8, 4) is 0 Å². The van der Waals surface area contributed by atoms with Crippen molar-refractivity contribution in [2.24, 2.45) is 0 Å². The lowest BCUT2D eigenvalue weighted by atomic mass is 10.3. The molecule has 0 fully saturated rings. The van der Waals surface area contributed by atoms with E-state index >= 15 is 0 Å². The fourth-order valence-corrected chi connectivity index (χ4v) is 0.930. The van der Waals surface area contributed by atoms with E-state index in [1.807, 2.05) is 0 Å². The second kappa shape index (κ2) is 6.09. The Morgan fingerprint density at radius 1 is 1.12 bits per heavy atom.